The third-order valence-electron chi connectivity index (χ3n) is 5.19. The van der Waals surface area contributed by atoms with Crippen LogP contribution in [0.2, 0.25) is 0 Å². The van der Waals surface area contributed by atoms with Crippen LogP contribution >= 0.6 is 0 Å². The van der Waals surface area contributed by atoms with Gasteiger partial charge in [-0.2, -0.15) is 5.10 Å². The topological polar surface area (TPSA) is 115 Å². The van der Waals surface area contributed by atoms with E-state index in [9.17, 15) is 14.9 Å². The number of benzene rings is 2. The molecule has 33 heavy (non-hydrogen) atoms. The molecule has 4 aromatic rings. The van der Waals surface area contributed by atoms with Crippen LogP contribution in [0, 0.1) is 10.1 Å². The van der Waals surface area contributed by atoms with Crippen LogP contribution < -0.4 is 10.6 Å². The Hall–Kier alpha value is -4.27. The fourth-order valence-corrected chi connectivity index (χ4v) is 3.52. The van der Waals surface area contributed by atoms with Gasteiger partial charge in [0.2, 0.25) is 0 Å². The highest BCUT2D eigenvalue weighted by molar-refractivity contribution is 6.06. The molecule has 0 aliphatic carbocycles. The molecule has 0 atom stereocenters. The Kier molecular flexibility index (Phi) is 6.30. The number of carbonyl (C=O) groups is 1. The summed E-state index contributed by atoms with van der Waals surface area (Å²) in [6.45, 7) is 4.88. The van der Waals surface area contributed by atoms with E-state index in [1.54, 1.807) is 24.4 Å². The summed E-state index contributed by atoms with van der Waals surface area (Å²) < 4.78 is 1.81. The van der Waals surface area contributed by atoms with E-state index in [4.69, 9.17) is 4.98 Å². The van der Waals surface area contributed by atoms with Gasteiger partial charge >= 0.3 is 0 Å². The second-order valence-electron chi connectivity index (χ2n) is 7.83. The number of non-ortho nitro benzene ring substituents is 1. The number of carbonyl (C=O) groups excluding carboxylic acids is 1. The third-order valence-corrected chi connectivity index (χ3v) is 5.19. The second-order valence-corrected chi connectivity index (χ2v) is 7.83. The van der Waals surface area contributed by atoms with Crippen molar-refractivity contribution in [3.8, 4) is 11.3 Å². The van der Waals surface area contributed by atoms with Crippen molar-refractivity contribution in [3.05, 3.63) is 82.5 Å². The summed E-state index contributed by atoms with van der Waals surface area (Å²) in [4.78, 5) is 28.2. The van der Waals surface area contributed by atoms with Gasteiger partial charge in [-0.1, -0.05) is 30.3 Å². The van der Waals surface area contributed by atoms with E-state index < -0.39 is 4.92 Å². The molecule has 4 rings (SSSR count). The maximum absolute atomic E-state index is 13.1. The molecule has 0 saturated carbocycles. The summed E-state index contributed by atoms with van der Waals surface area (Å²) in [5, 5.41) is 22.0. The van der Waals surface area contributed by atoms with E-state index in [1.807, 2.05) is 48.9 Å². The van der Waals surface area contributed by atoms with Gasteiger partial charge < -0.3 is 10.6 Å². The third kappa shape index (κ3) is 4.82. The van der Waals surface area contributed by atoms with Crippen LogP contribution in [0.4, 0.5) is 11.4 Å². The second kappa shape index (κ2) is 9.47. The number of amides is 1. The molecular formula is C24H24N6O3. The maximum atomic E-state index is 13.1. The van der Waals surface area contributed by atoms with Gasteiger partial charge in [-0.3, -0.25) is 14.9 Å². The monoisotopic (exact) mass is 444 g/mol. The number of nitrogens with zero attached hydrogens (tertiary/aromatic N) is 4. The molecule has 2 heterocycles. The van der Waals surface area contributed by atoms with E-state index in [2.05, 4.69) is 15.7 Å². The molecule has 0 aliphatic heterocycles. The lowest BCUT2D eigenvalue weighted by Gasteiger charge is -2.12. The standard InChI is InChI=1S/C24H24N6O3/c1-16(2)29-23-21(15-27-29)20(14-22(28-23)17-6-4-3-5-7-17)24(31)26-13-12-25-18-8-10-19(11-9-18)30(32)33/h3-11,14-16,25H,12-13H2,1-2H3,(H,26,31). The number of aromatic nitrogens is 3. The van der Waals surface area contributed by atoms with E-state index in [0.29, 0.717) is 35.4 Å². The van der Waals surface area contributed by atoms with Gasteiger partial charge in [-0.05, 0) is 32.0 Å². The van der Waals surface area contributed by atoms with Gasteiger partial charge in [-0.15, -0.1) is 0 Å². The van der Waals surface area contributed by atoms with Gasteiger partial charge in [0, 0.05) is 42.5 Å². The van der Waals surface area contributed by atoms with Crippen molar-refractivity contribution < 1.29 is 9.72 Å². The average Bonchev–Trinajstić information content (AvgIpc) is 3.26. The van der Waals surface area contributed by atoms with Crippen molar-refractivity contribution in [1.29, 1.82) is 0 Å². The van der Waals surface area contributed by atoms with Gasteiger partial charge in [0.15, 0.2) is 5.65 Å². The highest BCUT2D eigenvalue weighted by Gasteiger charge is 2.18. The average molecular weight is 444 g/mol. The van der Waals surface area contributed by atoms with E-state index in [0.717, 1.165) is 11.3 Å². The molecule has 2 N–H and O–H groups in total. The van der Waals surface area contributed by atoms with Crippen molar-refractivity contribution >= 4 is 28.3 Å². The lowest BCUT2D eigenvalue weighted by molar-refractivity contribution is -0.384. The summed E-state index contributed by atoms with van der Waals surface area (Å²) in [5.74, 6) is -0.214. The molecule has 0 saturated heterocycles. The van der Waals surface area contributed by atoms with E-state index >= 15 is 0 Å². The zero-order valence-electron chi connectivity index (χ0n) is 18.4. The van der Waals surface area contributed by atoms with Crippen LogP contribution in [0.3, 0.4) is 0 Å². The molecule has 0 unspecified atom stereocenters. The molecule has 168 valence electrons. The molecule has 1 amide bonds. The lowest BCUT2D eigenvalue weighted by atomic mass is 10.1. The number of hydrogen-bond acceptors (Lipinski definition) is 6. The number of nitro benzene ring substituents is 1. The molecule has 2 aromatic carbocycles. The van der Waals surface area contributed by atoms with Crippen molar-refractivity contribution in [1.82, 2.24) is 20.1 Å². The smallest absolute Gasteiger partial charge is 0.269 e. The first-order chi connectivity index (χ1) is 15.9. The summed E-state index contributed by atoms with van der Waals surface area (Å²) in [7, 11) is 0. The lowest BCUT2D eigenvalue weighted by Crippen LogP contribution is -2.29. The SMILES string of the molecule is CC(C)n1ncc2c(C(=O)NCCNc3ccc([N+](=O)[O-])cc3)cc(-c3ccccc3)nc21. The Balaban J connectivity index is 1.51. The highest BCUT2D eigenvalue weighted by atomic mass is 16.6. The van der Waals surface area contributed by atoms with Crippen LogP contribution in [-0.2, 0) is 0 Å². The van der Waals surface area contributed by atoms with Crippen LogP contribution in [0.25, 0.3) is 22.3 Å². The van der Waals surface area contributed by atoms with Crippen molar-refractivity contribution in [2.24, 2.45) is 0 Å². The van der Waals surface area contributed by atoms with Crippen LogP contribution in [-0.4, -0.2) is 38.7 Å². The first-order valence-corrected chi connectivity index (χ1v) is 10.6. The number of anilines is 1. The van der Waals surface area contributed by atoms with Crippen LogP contribution in [0.1, 0.15) is 30.2 Å². The minimum atomic E-state index is -0.440. The van der Waals surface area contributed by atoms with Crippen molar-refractivity contribution in [2.75, 3.05) is 18.4 Å². The zero-order valence-corrected chi connectivity index (χ0v) is 18.4. The molecule has 9 nitrogen and oxygen atoms in total. The number of nitro groups is 1. The summed E-state index contributed by atoms with van der Waals surface area (Å²) >= 11 is 0. The van der Waals surface area contributed by atoms with Crippen molar-refractivity contribution in [3.63, 3.8) is 0 Å². The molecule has 0 aliphatic rings. The number of fused-ring (bicyclic) bond motifs is 1. The molecule has 9 heteroatoms. The minimum Gasteiger partial charge on any atom is -0.383 e. The molecule has 0 bridgehead atoms. The Morgan fingerprint density at radius 3 is 2.48 bits per heavy atom. The van der Waals surface area contributed by atoms with Gasteiger partial charge in [0.05, 0.1) is 27.8 Å². The van der Waals surface area contributed by atoms with Crippen LogP contribution in [0.15, 0.2) is 66.9 Å². The largest absolute Gasteiger partial charge is 0.383 e. The first kappa shape index (κ1) is 21.9. The van der Waals surface area contributed by atoms with Gasteiger partial charge in [0.25, 0.3) is 11.6 Å². The molecule has 2 aromatic heterocycles. The normalized spacial score (nSPS) is 11.0. The van der Waals surface area contributed by atoms with Gasteiger partial charge in [0.1, 0.15) is 0 Å². The Morgan fingerprint density at radius 1 is 1.09 bits per heavy atom. The van der Waals surface area contributed by atoms with Crippen molar-refractivity contribution in [2.45, 2.75) is 19.9 Å². The quantitative estimate of drug-likeness (QED) is 0.236. The number of rotatable bonds is 8. The Morgan fingerprint density at radius 2 is 1.82 bits per heavy atom. The predicted octanol–water partition coefficient (Wildman–Crippen LogP) is 4.43. The van der Waals surface area contributed by atoms with Gasteiger partial charge in [-0.25, -0.2) is 9.67 Å². The molecule has 0 radical (unpaired) electrons. The van der Waals surface area contributed by atoms with E-state index in [-0.39, 0.29) is 17.6 Å². The fraction of sp³-hybridized carbons (Fsp3) is 0.208. The number of hydrogen-bond donors (Lipinski definition) is 2. The molecule has 0 spiro atoms. The summed E-state index contributed by atoms with van der Waals surface area (Å²) in [5.41, 5.74) is 3.59. The minimum absolute atomic E-state index is 0.0340. The highest BCUT2D eigenvalue weighted by Crippen LogP contribution is 2.26. The fourth-order valence-electron chi connectivity index (χ4n) is 3.52. The van der Waals surface area contributed by atoms with Crippen LogP contribution in [0.5, 0.6) is 0 Å². The number of nitrogens with one attached hydrogen (secondary N) is 2. The number of pyridine rings is 1. The predicted molar refractivity (Wildman–Crippen MR) is 127 cm³/mol. The Labute approximate surface area is 190 Å². The van der Waals surface area contributed by atoms with E-state index in [1.165, 1.54) is 12.1 Å². The summed E-state index contributed by atoms with van der Waals surface area (Å²) in [6, 6.07) is 17.8. The Bertz CT molecular complexity index is 1280. The molecule has 0 fully saturated rings. The summed E-state index contributed by atoms with van der Waals surface area (Å²) in [6.07, 6.45) is 1.68. The first-order valence-electron chi connectivity index (χ1n) is 10.6. The zero-order chi connectivity index (χ0) is 23.4. The maximum Gasteiger partial charge on any atom is 0.269 e. The molecular weight excluding hydrogens is 420 g/mol.